The predicted octanol–water partition coefficient (Wildman–Crippen LogP) is 5.04. The summed E-state index contributed by atoms with van der Waals surface area (Å²) in [4.78, 5) is 19.3. The van der Waals surface area contributed by atoms with Gasteiger partial charge < -0.3 is 33.7 Å². The molecule has 4 heterocycles. The molecule has 1 N–H and O–H groups in total. The zero-order valence-electron chi connectivity index (χ0n) is 25.1. The van der Waals surface area contributed by atoms with Crippen LogP contribution < -0.4 is 23.7 Å². The summed E-state index contributed by atoms with van der Waals surface area (Å²) in [6.07, 6.45) is 0.428. The zero-order valence-corrected chi connectivity index (χ0v) is 25.1. The molecule has 4 aliphatic heterocycles. The highest BCUT2D eigenvalue weighted by molar-refractivity contribution is 6.09. The first-order valence-corrected chi connectivity index (χ1v) is 14.2. The molecule has 1 fully saturated rings. The van der Waals surface area contributed by atoms with Gasteiger partial charge in [-0.1, -0.05) is 11.7 Å². The van der Waals surface area contributed by atoms with Crippen molar-refractivity contribution in [3.05, 3.63) is 53.1 Å². The van der Waals surface area contributed by atoms with Crippen LogP contribution in [0.2, 0.25) is 0 Å². The molecule has 2 aromatic rings. The third-order valence-corrected chi connectivity index (χ3v) is 9.09. The second-order valence-electron chi connectivity index (χ2n) is 12.7. The van der Waals surface area contributed by atoms with Gasteiger partial charge in [0.1, 0.15) is 41.8 Å². The summed E-state index contributed by atoms with van der Waals surface area (Å²) in [6, 6.07) is 7.44. The first kappa shape index (κ1) is 28.4. The Kier molecular flexibility index (Phi) is 6.69. The molecule has 4 aliphatic rings. The number of methoxy groups -OCH3 is 2. The van der Waals surface area contributed by atoms with Gasteiger partial charge in [0, 0.05) is 34.7 Å². The van der Waals surface area contributed by atoms with Crippen molar-refractivity contribution in [2.45, 2.75) is 76.7 Å². The Morgan fingerprint density at radius 1 is 1.10 bits per heavy atom. The summed E-state index contributed by atoms with van der Waals surface area (Å²) >= 11 is 0. The van der Waals surface area contributed by atoms with E-state index in [1.54, 1.807) is 20.3 Å². The van der Waals surface area contributed by atoms with Crippen molar-refractivity contribution >= 4 is 11.7 Å². The van der Waals surface area contributed by atoms with Gasteiger partial charge in [-0.15, -0.1) is 0 Å². The Morgan fingerprint density at radius 3 is 2.45 bits per heavy atom. The van der Waals surface area contributed by atoms with Gasteiger partial charge in [0.25, 0.3) is 0 Å². The molecular formula is C32H38N2O8. The van der Waals surface area contributed by atoms with E-state index in [0.717, 1.165) is 22.4 Å². The van der Waals surface area contributed by atoms with E-state index in [1.165, 1.54) is 5.06 Å². The Hall–Kier alpha value is -3.76. The minimum atomic E-state index is -0.832. The number of oxime groups is 1. The van der Waals surface area contributed by atoms with Crippen molar-refractivity contribution in [2.24, 2.45) is 11.1 Å². The topological polar surface area (TPSA) is 108 Å². The smallest absolute Gasteiger partial charge is 0.340 e. The number of fused-ring (bicyclic) bond motifs is 6. The van der Waals surface area contributed by atoms with Crippen LogP contribution in [-0.2, 0) is 16.1 Å². The molecular weight excluding hydrogens is 540 g/mol. The molecule has 0 bridgehead atoms. The monoisotopic (exact) mass is 578 g/mol. The largest absolute Gasteiger partial charge is 0.493 e. The number of carbonyl (C=O) groups is 1. The number of carbonyl (C=O) groups excluding carboxylic acids is 1. The standard InChI is InChI=1S/C32H38N2O8/c1-16(2)22-12-19-21(40-22)10-9-17-28(33-42-30(35)20-14-31(3,4)34(36)32(20,5)6)27-18-11-24(37-7)25(38-8)13-23(18)39-15-26(27)41-29(17)19/h9-11,13,20,22,26-27,36H,1,12,14-15H2,2-8H3/b33-28-/t20?,22-,26-,27+/m1/s1. The highest BCUT2D eigenvalue weighted by Gasteiger charge is 2.55. The Balaban J connectivity index is 1.45. The number of hydroxylamine groups is 2. The van der Waals surface area contributed by atoms with E-state index < -0.39 is 35.0 Å². The molecule has 1 unspecified atom stereocenters. The zero-order chi connectivity index (χ0) is 30.1. The van der Waals surface area contributed by atoms with Crippen LogP contribution in [0.25, 0.3) is 0 Å². The molecule has 0 spiro atoms. The highest BCUT2D eigenvalue weighted by Crippen LogP contribution is 2.50. The van der Waals surface area contributed by atoms with Crippen LogP contribution in [0.3, 0.4) is 0 Å². The SMILES string of the molecule is C=C(C)[C@H]1Cc2c(ccc3c2O[C@@H]2COc4cc(OC)c(OC)cc4[C@@H]2/C3=N\OC(=O)C2CC(C)(C)N(O)C2(C)C)O1. The number of rotatable bonds is 5. The minimum absolute atomic E-state index is 0.152. The molecule has 6 rings (SSSR count). The Labute approximate surface area is 245 Å². The van der Waals surface area contributed by atoms with Crippen molar-refractivity contribution in [1.82, 2.24) is 5.06 Å². The minimum Gasteiger partial charge on any atom is -0.493 e. The molecule has 0 saturated carbocycles. The molecule has 42 heavy (non-hydrogen) atoms. The van der Waals surface area contributed by atoms with E-state index in [9.17, 15) is 10.0 Å². The number of hydrogen-bond acceptors (Lipinski definition) is 10. The second-order valence-corrected chi connectivity index (χ2v) is 12.7. The van der Waals surface area contributed by atoms with Crippen LogP contribution in [0.1, 0.15) is 63.6 Å². The van der Waals surface area contributed by atoms with Gasteiger partial charge >= 0.3 is 5.97 Å². The van der Waals surface area contributed by atoms with Crippen molar-refractivity contribution in [3.63, 3.8) is 0 Å². The molecule has 10 nitrogen and oxygen atoms in total. The maximum absolute atomic E-state index is 13.6. The Bertz CT molecular complexity index is 1500. The average Bonchev–Trinajstić information content (AvgIpc) is 3.48. The average molecular weight is 579 g/mol. The van der Waals surface area contributed by atoms with Crippen molar-refractivity contribution in [1.29, 1.82) is 0 Å². The van der Waals surface area contributed by atoms with Gasteiger partial charge in [0.2, 0.25) is 0 Å². The lowest BCUT2D eigenvalue weighted by Gasteiger charge is -2.39. The molecule has 0 radical (unpaired) electrons. The first-order valence-electron chi connectivity index (χ1n) is 14.2. The third-order valence-electron chi connectivity index (χ3n) is 9.09. The fraction of sp³-hybridized carbons (Fsp3) is 0.500. The normalized spacial score (nSPS) is 27.4. The van der Waals surface area contributed by atoms with Crippen molar-refractivity contribution in [3.8, 4) is 28.7 Å². The lowest BCUT2D eigenvalue weighted by molar-refractivity contribution is -0.200. The fourth-order valence-electron chi connectivity index (χ4n) is 6.76. The van der Waals surface area contributed by atoms with Gasteiger partial charge in [-0.2, -0.15) is 5.06 Å². The molecule has 1 saturated heterocycles. The third kappa shape index (κ3) is 4.31. The van der Waals surface area contributed by atoms with Crippen LogP contribution in [0.5, 0.6) is 28.7 Å². The summed E-state index contributed by atoms with van der Waals surface area (Å²) in [7, 11) is 3.15. The maximum Gasteiger partial charge on any atom is 0.340 e. The highest BCUT2D eigenvalue weighted by atomic mass is 16.7. The van der Waals surface area contributed by atoms with E-state index >= 15 is 0 Å². The summed E-state index contributed by atoms with van der Waals surface area (Å²) in [5, 5.41) is 16.6. The van der Waals surface area contributed by atoms with Gasteiger partial charge in [0.15, 0.2) is 11.5 Å². The molecule has 4 atom stereocenters. The molecule has 0 aromatic heterocycles. The van der Waals surface area contributed by atoms with Gasteiger partial charge in [-0.05, 0) is 64.8 Å². The van der Waals surface area contributed by atoms with Crippen molar-refractivity contribution in [2.75, 3.05) is 20.8 Å². The predicted molar refractivity (Wildman–Crippen MR) is 154 cm³/mol. The lowest BCUT2D eigenvalue weighted by atomic mass is 9.80. The number of hydrogen-bond donors (Lipinski definition) is 1. The van der Waals surface area contributed by atoms with Crippen LogP contribution in [0, 0.1) is 5.92 Å². The molecule has 2 aromatic carbocycles. The number of ether oxygens (including phenoxy) is 5. The maximum atomic E-state index is 13.6. The van der Waals surface area contributed by atoms with Gasteiger partial charge in [-0.25, -0.2) is 4.79 Å². The van der Waals surface area contributed by atoms with E-state index in [2.05, 4.69) is 11.7 Å². The van der Waals surface area contributed by atoms with Crippen molar-refractivity contribution < 1.29 is 38.5 Å². The molecule has 0 aliphatic carbocycles. The van der Waals surface area contributed by atoms with Crippen LogP contribution in [-0.4, -0.2) is 66.1 Å². The summed E-state index contributed by atoms with van der Waals surface area (Å²) in [6.45, 7) is 13.7. The molecule has 224 valence electrons. The molecule has 10 heteroatoms. The lowest BCUT2D eigenvalue weighted by Crippen LogP contribution is -2.48. The first-order chi connectivity index (χ1) is 19.9. The summed E-state index contributed by atoms with van der Waals surface area (Å²) < 4.78 is 30.0. The van der Waals surface area contributed by atoms with Crippen LogP contribution >= 0.6 is 0 Å². The van der Waals surface area contributed by atoms with Gasteiger partial charge in [0.05, 0.1) is 31.6 Å². The fourth-order valence-corrected chi connectivity index (χ4v) is 6.76. The van der Waals surface area contributed by atoms with E-state index in [4.69, 9.17) is 28.5 Å². The summed E-state index contributed by atoms with van der Waals surface area (Å²) in [5.41, 5.74) is 2.46. The van der Waals surface area contributed by atoms with Crippen LogP contribution in [0.4, 0.5) is 0 Å². The van der Waals surface area contributed by atoms with E-state index in [1.807, 2.05) is 52.8 Å². The van der Waals surface area contributed by atoms with Crippen LogP contribution in [0.15, 0.2) is 41.6 Å². The number of nitrogens with zero attached hydrogens (tertiary/aromatic N) is 2. The Morgan fingerprint density at radius 2 is 1.81 bits per heavy atom. The van der Waals surface area contributed by atoms with E-state index in [-0.39, 0.29) is 12.7 Å². The number of benzene rings is 2. The summed E-state index contributed by atoms with van der Waals surface area (Å²) in [5.74, 6) is 1.54. The van der Waals surface area contributed by atoms with E-state index in [0.29, 0.717) is 47.1 Å². The quantitative estimate of drug-likeness (QED) is 0.297. The van der Waals surface area contributed by atoms with Gasteiger partial charge in [-0.3, -0.25) is 0 Å². The molecule has 0 amide bonds. The second kappa shape index (κ2) is 9.91.